The minimum Gasteiger partial charge on any atom is -0.340 e. The highest BCUT2D eigenvalue weighted by molar-refractivity contribution is 5.76. The summed E-state index contributed by atoms with van der Waals surface area (Å²) >= 11 is 0. The fourth-order valence-electron chi connectivity index (χ4n) is 3.01. The number of hydrogen-bond acceptors (Lipinski definition) is 4. The van der Waals surface area contributed by atoms with Gasteiger partial charge in [-0.2, -0.15) is 0 Å². The molecule has 0 aromatic rings. The Morgan fingerprint density at radius 3 is 1.86 bits per heavy atom. The van der Waals surface area contributed by atoms with E-state index in [1.54, 1.807) is 6.92 Å². The van der Waals surface area contributed by atoms with Crippen molar-refractivity contribution in [2.24, 2.45) is 0 Å². The number of carbonyl (C=O) groups excluding carboxylic acids is 2. The second kappa shape index (κ2) is 7.75. The van der Waals surface area contributed by atoms with Crippen molar-refractivity contribution >= 4 is 11.8 Å². The fraction of sp³-hybridized carbons (Fsp3) is 0.867. The Bertz CT molecular complexity index is 359. The van der Waals surface area contributed by atoms with Gasteiger partial charge in [-0.25, -0.2) is 0 Å². The molecule has 0 bridgehead atoms. The van der Waals surface area contributed by atoms with Gasteiger partial charge in [-0.1, -0.05) is 6.92 Å². The second-order valence-electron chi connectivity index (χ2n) is 5.91. The van der Waals surface area contributed by atoms with E-state index in [1.165, 1.54) is 0 Å². The van der Waals surface area contributed by atoms with E-state index in [9.17, 15) is 9.59 Å². The third-order valence-electron chi connectivity index (χ3n) is 4.63. The molecule has 0 spiro atoms. The summed E-state index contributed by atoms with van der Waals surface area (Å²) in [4.78, 5) is 32.0. The standard InChI is InChI=1S/C15H28N4O2/c1-3-16-6-12-19(13-7-16)15(21)4-5-17-8-10-18(11-9-17)14(2)20/h3-13H2,1-2H3. The number of nitrogens with zero attached hydrogens (tertiary/aromatic N) is 4. The Balaban J connectivity index is 1.65. The molecule has 6 nitrogen and oxygen atoms in total. The molecule has 0 atom stereocenters. The lowest BCUT2D eigenvalue weighted by molar-refractivity contribution is -0.134. The highest BCUT2D eigenvalue weighted by atomic mass is 16.2. The molecule has 2 amide bonds. The van der Waals surface area contributed by atoms with Crippen LogP contribution in [0, 0.1) is 0 Å². The Kier molecular flexibility index (Phi) is 5.99. The van der Waals surface area contributed by atoms with Gasteiger partial charge in [-0.15, -0.1) is 0 Å². The van der Waals surface area contributed by atoms with E-state index in [1.807, 2.05) is 9.80 Å². The van der Waals surface area contributed by atoms with Gasteiger partial charge < -0.3 is 14.7 Å². The van der Waals surface area contributed by atoms with Gasteiger partial charge in [-0.05, 0) is 6.54 Å². The Hall–Kier alpha value is -1.14. The van der Waals surface area contributed by atoms with Gasteiger partial charge in [0.1, 0.15) is 0 Å². The van der Waals surface area contributed by atoms with Crippen LogP contribution in [-0.4, -0.2) is 96.9 Å². The van der Waals surface area contributed by atoms with Crippen LogP contribution in [0.5, 0.6) is 0 Å². The van der Waals surface area contributed by atoms with Crippen molar-refractivity contribution in [3.63, 3.8) is 0 Å². The van der Waals surface area contributed by atoms with Crippen LogP contribution in [0.3, 0.4) is 0 Å². The van der Waals surface area contributed by atoms with Crippen LogP contribution in [0.25, 0.3) is 0 Å². The van der Waals surface area contributed by atoms with Crippen LogP contribution in [0.1, 0.15) is 20.3 Å². The summed E-state index contributed by atoms with van der Waals surface area (Å²) in [5, 5.41) is 0. The molecule has 0 aliphatic carbocycles. The molecule has 0 aromatic carbocycles. The molecule has 2 heterocycles. The van der Waals surface area contributed by atoms with Crippen molar-refractivity contribution in [2.75, 3.05) is 65.4 Å². The van der Waals surface area contributed by atoms with Gasteiger partial charge in [0.2, 0.25) is 11.8 Å². The van der Waals surface area contributed by atoms with E-state index < -0.39 is 0 Å². The lowest BCUT2D eigenvalue weighted by Gasteiger charge is -2.36. The number of piperazine rings is 2. The van der Waals surface area contributed by atoms with E-state index in [0.717, 1.165) is 65.4 Å². The second-order valence-corrected chi connectivity index (χ2v) is 5.91. The Morgan fingerprint density at radius 2 is 1.33 bits per heavy atom. The highest BCUT2D eigenvalue weighted by Gasteiger charge is 2.22. The molecular formula is C15H28N4O2. The zero-order valence-corrected chi connectivity index (χ0v) is 13.4. The quantitative estimate of drug-likeness (QED) is 0.715. The van der Waals surface area contributed by atoms with Crippen molar-refractivity contribution in [1.29, 1.82) is 0 Å². The summed E-state index contributed by atoms with van der Waals surface area (Å²) in [5.41, 5.74) is 0. The number of carbonyl (C=O) groups is 2. The molecule has 0 aromatic heterocycles. The summed E-state index contributed by atoms with van der Waals surface area (Å²) in [5.74, 6) is 0.430. The molecule has 0 unspecified atom stereocenters. The normalized spacial score (nSPS) is 21.6. The zero-order valence-electron chi connectivity index (χ0n) is 13.4. The van der Waals surface area contributed by atoms with E-state index in [0.29, 0.717) is 6.42 Å². The predicted molar refractivity (Wildman–Crippen MR) is 82.0 cm³/mol. The molecule has 0 saturated carbocycles. The topological polar surface area (TPSA) is 47.1 Å². The maximum Gasteiger partial charge on any atom is 0.223 e. The molecule has 0 radical (unpaired) electrons. The first kappa shape index (κ1) is 16.2. The number of likely N-dealkylation sites (N-methyl/N-ethyl adjacent to an activating group) is 1. The Morgan fingerprint density at radius 1 is 0.810 bits per heavy atom. The van der Waals surface area contributed by atoms with Gasteiger partial charge in [0.15, 0.2) is 0 Å². The smallest absolute Gasteiger partial charge is 0.223 e. The minimum atomic E-state index is 0.152. The van der Waals surface area contributed by atoms with Crippen LogP contribution in [0.4, 0.5) is 0 Å². The monoisotopic (exact) mass is 296 g/mol. The first-order chi connectivity index (χ1) is 10.1. The first-order valence-corrected chi connectivity index (χ1v) is 8.08. The third-order valence-corrected chi connectivity index (χ3v) is 4.63. The van der Waals surface area contributed by atoms with Crippen LogP contribution >= 0.6 is 0 Å². The summed E-state index contributed by atoms with van der Waals surface area (Å²) in [6.45, 7) is 12.8. The molecule has 120 valence electrons. The van der Waals surface area contributed by atoms with Gasteiger partial charge >= 0.3 is 0 Å². The highest BCUT2D eigenvalue weighted by Crippen LogP contribution is 2.06. The average Bonchev–Trinajstić information content (AvgIpc) is 2.53. The first-order valence-electron chi connectivity index (χ1n) is 8.08. The van der Waals surface area contributed by atoms with Crippen molar-refractivity contribution in [2.45, 2.75) is 20.3 Å². The van der Waals surface area contributed by atoms with Gasteiger partial charge in [0, 0.05) is 72.2 Å². The minimum absolute atomic E-state index is 0.152. The van der Waals surface area contributed by atoms with Crippen molar-refractivity contribution in [3.05, 3.63) is 0 Å². The molecule has 6 heteroatoms. The van der Waals surface area contributed by atoms with E-state index in [4.69, 9.17) is 0 Å². The third kappa shape index (κ3) is 4.68. The average molecular weight is 296 g/mol. The number of amides is 2. The SMILES string of the molecule is CCN1CCN(C(=O)CCN2CCN(C(C)=O)CC2)CC1. The van der Waals surface area contributed by atoms with E-state index >= 15 is 0 Å². The maximum atomic E-state index is 12.2. The van der Waals surface area contributed by atoms with Gasteiger partial charge in [-0.3, -0.25) is 14.5 Å². The van der Waals surface area contributed by atoms with E-state index in [2.05, 4.69) is 16.7 Å². The lowest BCUT2D eigenvalue weighted by Crippen LogP contribution is -2.50. The largest absolute Gasteiger partial charge is 0.340 e. The summed E-state index contributed by atoms with van der Waals surface area (Å²) in [6, 6.07) is 0. The molecule has 2 rings (SSSR count). The number of hydrogen-bond donors (Lipinski definition) is 0. The fourth-order valence-corrected chi connectivity index (χ4v) is 3.01. The molecule has 2 aliphatic heterocycles. The molecular weight excluding hydrogens is 268 g/mol. The van der Waals surface area contributed by atoms with Crippen LogP contribution in [0.2, 0.25) is 0 Å². The molecule has 0 N–H and O–H groups in total. The van der Waals surface area contributed by atoms with E-state index in [-0.39, 0.29) is 11.8 Å². The molecule has 2 fully saturated rings. The molecule has 21 heavy (non-hydrogen) atoms. The lowest BCUT2D eigenvalue weighted by atomic mass is 10.2. The summed E-state index contributed by atoms with van der Waals surface area (Å²) in [7, 11) is 0. The maximum absolute atomic E-state index is 12.2. The van der Waals surface area contributed by atoms with Crippen LogP contribution in [-0.2, 0) is 9.59 Å². The van der Waals surface area contributed by atoms with Crippen molar-refractivity contribution in [3.8, 4) is 0 Å². The zero-order chi connectivity index (χ0) is 15.2. The van der Waals surface area contributed by atoms with Crippen LogP contribution in [0.15, 0.2) is 0 Å². The van der Waals surface area contributed by atoms with Crippen molar-refractivity contribution in [1.82, 2.24) is 19.6 Å². The number of rotatable bonds is 4. The molecule has 2 saturated heterocycles. The summed E-state index contributed by atoms with van der Waals surface area (Å²) < 4.78 is 0. The Labute approximate surface area is 127 Å². The van der Waals surface area contributed by atoms with Gasteiger partial charge in [0.05, 0.1) is 0 Å². The molecule has 2 aliphatic rings. The van der Waals surface area contributed by atoms with Crippen molar-refractivity contribution < 1.29 is 9.59 Å². The summed E-state index contributed by atoms with van der Waals surface area (Å²) in [6.07, 6.45) is 0.603. The van der Waals surface area contributed by atoms with Crippen LogP contribution < -0.4 is 0 Å². The van der Waals surface area contributed by atoms with Gasteiger partial charge in [0.25, 0.3) is 0 Å². The predicted octanol–water partition coefficient (Wildman–Crippen LogP) is -0.295.